The Morgan fingerprint density at radius 3 is 2.39 bits per heavy atom. The van der Waals surface area contributed by atoms with E-state index in [1.807, 2.05) is 10.6 Å². The van der Waals surface area contributed by atoms with Crippen molar-refractivity contribution in [2.24, 2.45) is 5.73 Å². The summed E-state index contributed by atoms with van der Waals surface area (Å²) < 4.78 is 10.3. The maximum absolute atomic E-state index is 11.6. The van der Waals surface area contributed by atoms with Crippen LogP contribution in [-0.4, -0.2) is 37.5 Å². The van der Waals surface area contributed by atoms with Gasteiger partial charge in [0, 0.05) is 0 Å². The summed E-state index contributed by atoms with van der Waals surface area (Å²) in [4.78, 5) is 45.0. The van der Waals surface area contributed by atoms with Gasteiger partial charge in [0.05, 0.1) is 7.11 Å². The third kappa shape index (κ3) is 3.84. The van der Waals surface area contributed by atoms with Crippen LogP contribution >= 0.6 is 0 Å². The third-order valence-electron chi connectivity index (χ3n) is 2.81. The van der Waals surface area contributed by atoms with Crippen molar-refractivity contribution in [1.82, 2.24) is 10.6 Å². The molecule has 1 aromatic rings. The Hall–Kier alpha value is -3.36. The molecule has 0 aliphatic carbocycles. The molecule has 0 spiro atoms. The average Bonchev–Trinajstić information content (AvgIpc) is 2.49. The normalized spacial score (nSPS) is 14.0. The minimum atomic E-state index is -0.870. The number of hydrogen-bond acceptors (Lipinski definition) is 6. The highest BCUT2D eigenvalue weighted by atomic mass is 16.5. The number of amides is 5. The van der Waals surface area contributed by atoms with E-state index in [1.54, 1.807) is 6.07 Å². The molecular weight excluding hydrogens is 306 g/mol. The van der Waals surface area contributed by atoms with Gasteiger partial charge in [0.1, 0.15) is 5.57 Å². The number of carbonyl (C=O) groups excluding carboxylic acids is 4. The summed E-state index contributed by atoms with van der Waals surface area (Å²) in [6.45, 7) is -0.316. The van der Waals surface area contributed by atoms with Gasteiger partial charge in [-0.1, -0.05) is 6.07 Å². The SMILES string of the molecule is COc1cc(C=C2C(=O)NC(=O)NC2=O)ccc1OCC(N)=O. The van der Waals surface area contributed by atoms with E-state index in [1.165, 1.54) is 25.3 Å². The molecule has 1 fully saturated rings. The number of imide groups is 2. The molecule has 0 radical (unpaired) electrons. The van der Waals surface area contributed by atoms with E-state index < -0.39 is 23.8 Å². The smallest absolute Gasteiger partial charge is 0.328 e. The average molecular weight is 319 g/mol. The van der Waals surface area contributed by atoms with Gasteiger partial charge in [-0.2, -0.15) is 0 Å². The van der Waals surface area contributed by atoms with E-state index in [-0.39, 0.29) is 23.7 Å². The zero-order chi connectivity index (χ0) is 17.0. The summed E-state index contributed by atoms with van der Waals surface area (Å²) >= 11 is 0. The van der Waals surface area contributed by atoms with Gasteiger partial charge < -0.3 is 15.2 Å². The first kappa shape index (κ1) is 16.0. The van der Waals surface area contributed by atoms with Gasteiger partial charge in [0.15, 0.2) is 18.1 Å². The van der Waals surface area contributed by atoms with Crippen LogP contribution < -0.4 is 25.8 Å². The lowest BCUT2D eigenvalue weighted by molar-refractivity contribution is -0.124. The second-order valence-corrected chi connectivity index (χ2v) is 4.46. The van der Waals surface area contributed by atoms with Crippen LogP contribution in [-0.2, 0) is 14.4 Å². The summed E-state index contributed by atoms with van der Waals surface area (Å²) in [6, 6.07) is 3.67. The largest absolute Gasteiger partial charge is 0.493 e. The minimum Gasteiger partial charge on any atom is -0.493 e. The zero-order valence-electron chi connectivity index (χ0n) is 12.0. The van der Waals surface area contributed by atoms with E-state index in [2.05, 4.69) is 0 Å². The standard InChI is InChI=1S/C14H13N3O6/c1-22-10-5-7(2-3-9(10)23-6-11(15)18)4-8-12(19)16-14(21)17-13(8)20/h2-5H,6H2,1H3,(H2,15,18)(H2,16,17,19,20,21). The maximum atomic E-state index is 11.6. The molecule has 1 aromatic carbocycles. The molecule has 0 unspecified atom stereocenters. The molecule has 0 saturated carbocycles. The number of methoxy groups -OCH3 is 1. The van der Waals surface area contributed by atoms with Crippen molar-refractivity contribution in [2.75, 3.05) is 13.7 Å². The predicted molar refractivity (Wildman–Crippen MR) is 77.3 cm³/mol. The highest BCUT2D eigenvalue weighted by Gasteiger charge is 2.27. The molecule has 1 heterocycles. The summed E-state index contributed by atoms with van der Waals surface area (Å²) in [5.41, 5.74) is 5.23. The number of ether oxygens (including phenoxy) is 2. The summed E-state index contributed by atoms with van der Waals surface area (Å²) in [5, 5.41) is 3.93. The van der Waals surface area contributed by atoms with Crippen LogP contribution in [0.15, 0.2) is 23.8 Å². The number of benzene rings is 1. The second kappa shape index (κ2) is 6.60. The highest BCUT2D eigenvalue weighted by molar-refractivity contribution is 6.31. The quantitative estimate of drug-likeness (QED) is 0.485. The summed E-state index contributed by atoms with van der Waals surface area (Å²) in [6.07, 6.45) is 1.29. The van der Waals surface area contributed by atoms with E-state index >= 15 is 0 Å². The molecule has 9 nitrogen and oxygen atoms in total. The maximum Gasteiger partial charge on any atom is 0.328 e. The fourth-order valence-electron chi connectivity index (χ4n) is 1.82. The van der Waals surface area contributed by atoms with Crippen molar-refractivity contribution in [1.29, 1.82) is 0 Å². The molecule has 1 saturated heterocycles. The minimum absolute atomic E-state index is 0.225. The van der Waals surface area contributed by atoms with E-state index in [9.17, 15) is 19.2 Å². The molecule has 1 aliphatic rings. The Kier molecular flexibility index (Phi) is 4.60. The Bertz CT molecular complexity index is 703. The number of barbiturate groups is 1. The van der Waals surface area contributed by atoms with Gasteiger partial charge in [-0.3, -0.25) is 25.0 Å². The summed E-state index contributed by atoms with van der Waals surface area (Å²) in [7, 11) is 1.39. The van der Waals surface area contributed by atoms with Crippen LogP contribution in [0.3, 0.4) is 0 Å². The van der Waals surface area contributed by atoms with Crippen molar-refractivity contribution in [3.63, 3.8) is 0 Å². The van der Waals surface area contributed by atoms with Gasteiger partial charge in [-0.15, -0.1) is 0 Å². The first-order valence-corrected chi connectivity index (χ1v) is 6.38. The van der Waals surface area contributed by atoms with Crippen LogP contribution in [0.5, 0.6) is 11.5 Å². The number of nitrogens with two attached hydrogens (primary N) is 1. The molecule has 4 N–H and O–H groups in total. The Labute approximate surface area is 130 Å². The number of rotatable bonds is 5. The molecule has 1 aliphatic heterocycles. The molecule has 2 rings (SSSR count). The van der Waals surface area contributed by atoms with Crippen molar-refractivity contribution < 1.29 is 28.7 Å². The number of urea groups is 1. The third-order valence-corrected chi connectivity index (χ3v) is 2.81. The fourth-order valence-corrected chi connectivity index (χ4v) is 1.82. The highest BCUT2D eigenvalue weighted by Crippen LogP contribution is 2.29. The van der Waals surface area contributed by atoms with Crippen molar-refractivity contribution in [3.8, 4) is 11.5 Å². The Morgan fingerprint density at radius 2 is 1.83 bits per heavy atom. The molecule has 23 heavy (non-hydrogen) atoms. The van der Waals surface area contributed by atoms with Crippen LogP contribution in [0, 0.1) is 0 Å². The summed E-state index contributed by atoms with van der Waals surface area (Å²) in [5.74, 6) is -1.67. The van der Waals surface area contributed by atoms with Gasteiger partial charge in [-0.25, -0.2) is 4.79 Å². The van der Waals surface area contributed by atoms with Crippen LogP contribution in [0.1, 0.15) is 5.56 Å². The molecule has 0 atom stereocenters. The van der Waals surface area contributed by atoms with Crippen LogP contribution in [0.25, 0.3) is 6.08 Å². The predicted octanol–water partition coefficient (Wildman–Crippen LogP) is -0.691. The van der Waals surface area contributed by atoms with Gasteiger partial charge in [0.25, 0.3) is 17.7 Å². The van der Waals surface area contributed by atoms with Crippen LogP contribution in [0.2, 0.25) is 0 Å². The molecule has 120 valence electrons. The molecule has 5 amide bonds. The molecule has 0 aromatic heterocycles. The number of hydrogen-bond donors (Lipinski definition) is 3. The Balaban J connectivity index is 2.28. The number of nitrogens with one attached hydrogen (secondary N) is 2. The van der Waals surface area contributed by atoms with E-state index in [0.29, 0.717) is 5.56 Å². The molecule has 0 bridgehead atoms. The van der Waals surface area contributed by atoms with Gasteiger partial charge >= 0.3 is 6.03 Å². The lowest BCUT2D eigenvalue weighted by Crippen LogP contribution is -2.51. The first-order chi connectivity index (χ1) is 10.9. The number of carbonyl (C=O) groups is 4. The lowest BCUT2D eigenvalue weighted by Gasteiger charge is -2.14. The van der Waals surface area contributed by atoms with E-state index in [4.69, 9.17) is 15.2 Å². The number of primary amides is 1. The van der Waals surface area contributed by atoms with Gasteiger partial charge in [0.2, 0.25) is 0 Å². The second-order valence-electron chi connectivity index (χ2n) is 4.46. The van der Waals surface area contributed by atoms with Crippen molar-refractivity contribution in [2.45, 2.75) is 0 Å². The first-order valence-electron chi connectivity index (χ1n) is 6.38. The fraction of sp³-hybridized carbons (Fsp3) is 0.143. The molecule has 9 heteroatoms. The topological polar surface area (TPSA) is 137 Å². The zero-order valence-corrected chi connectivity index (χ0v) is 12.0. The van der Waals surface area contributed by atoms with E-state index in [0.717, 1.165) is 0 Å². The lowest BCUT2D eigenvalue weighted by atomic mass is 10.1. The Morgan fingerprint density at radius 1 is 1.17 bits per heavy atom. The van der Waals surface area contributed by atoms with Crippen LogP contribution in [0.4, 0.5) is 4.79 Å². The monoisotopic (exact) mass is 319 g/mol. The molecular formula is C14H13N3O6. The van der Waals surface area contributed by atoms with Crippen molar-refractivity contribution >= 4 is 29.8 Å². The van der Waals surface area contributed by atoms with Gasteiger partial charge in [-0.05, 0) is 23.8 Å². The van der Waals surface area contributed by atoms with Crippen molar-refractivity contribution in [3.05, 3.63) is 29.3 Å².